The molecule has 2 heterocycles. The van der Waals surface area contributed by atoms with E-state index < -0.39 is 13.2 Å². The van der Waals surface area contributed by atoms with E-state index in [1.165, 1.54) is 24.3 Å². The summed E-state index contributed by atoms with van der Waals surface area (Å²) in [6, 6.07) is 15.8. The third-order valence-corrected chi connectivity index (χ3v) is 5.81. The summed E-state index contributed by atoms with van der Waals surface area (Å²) >= 11 is 0. The van der Waals surface area contributed by atoms with Crippen LogP contribution in [0.4, 0.5) is 17.6 Å². The minimum absolute atomic E-state index is 0.00685. The normalized spacial score (nSPS) is 13.6. The summed E-state index contributed by atoms with van der Waals surface area (Å²) in [5.74, 6) is 0.452. The molecular weight excluding hydrogens is 450 g/mol. The minimum Gasteiger partial charge on any atom is -0.435 e. The Hall–Kier alpha value is -3.81. The smallest absolute Gasteiger partial charge is 0.387 e. The van der Waals surface area contributed by atoms with Gasteiger partial charge in [0.15, 0.2) is 5.43 Å². The molecule has 0 atom stereocenters. The maximum absolute atomic E-state index is 13.7. The Morgan fingerprint density at radius 1 is 0.794 bits per heavy atom. The number of rotatable bonds is 7. The zero-order valence-corrected chi connectivity index (χ0v) is 17.8. The molecule has 1 saturated carbocycles. The van der Waals surface area contributed by atoms with Crippen molar-refractivity contribution in [2.45, 2.75) is 32.0 Å². The van der Waals surface area contributed by atoms with Gasteiger partial charge in [-0.25, -0.2) is 0 Å². The minimum atomic E-state index is -2.95. The van der Waals surface area contributed by atoms with Gasteiger partial charge < -0.3 is 13.9 Å². The molecular formula is C26H19F4NO3. The van der Waals surface area contributed by atoms with Crippen molar-refractivity contribution in [1.82, 2.24) is 4.40 Å². The van der Waals surface area contributed by atoms with Crippen LogP contribution >= 0.6 is 0 Å². The molecule has 5 rings (SSSR count). The highest BCUT2D eigenvalue weighted by atomic mass is 19.3. The van der Waals surface area contributed by atoms with Crippen LogP contribution < -0.4 is 14.9 Å². The highest BCUT2D eigenvalue weighted by molar-refractivity contribution is 5.85. The van der Waals surface area contributed by atoms with Crippen LogP contribution in [-0.2, 0) is 0 Å². The molecule has 2 aromatic heterocycles. The van der Waals surface area contributed by atoms with Crippen LogP contribution in [-0.4, -0.2) is 17.6 Å². The van der Waals surface area contributed by atoms with Crippen molar-refractivity contribution in [1.29, 1.82) is 0 Å². The molecule has 4 nitrogen and oxygen atoms in total. The second-order valence-corrected chi connectivity index (χ2v) is 8.08. The molecule has 0 amide bonds. The second kappa shape index (κ2) is 8.85. The van der Waals surface area contributed by atoms with Crippen LogP contribution in [0.1, 0.15) is 24.3 Å². The number of nitrogens with zero attached hydrogens (tertiary/aromatic N) is 1. The number of hydrogen-bond donors (Lipinski definition) is 0. The van der Waals surface area contributed by atoms with Gasteiger partial charge in [0.1, 0.15) is 11.5 Å². The molecule has 0 bridgehead atoms. The summed E-state index contributed by atoms with van der Waals surface area (Å²) in [5, 5.41) is 0. The molecule has 0 saturated heterocycles. The lowest BCUT2D eigenvalue weighted by molar-refractivity contribution is -0.0505. The predicted molar refractivity (Wildman–Crippen MR) is 120 cm³/mol. The largest absolute Gasteiger partial charge is 0.435 e. The van der Waals surface area contributed by atoms with E-state index in [0.29, 0.717) is 33.7 Å². The number of halogens is 4. The Morgan fingerprint density at radius 2 is 1.35 bits per heavy atom. The van der Waals surface area contributed by atoms with Crippen LogP contribution in [0.3, 0.4) is 0 Å². The lowest BCUT2D eigenvalue weighted by atomic mass is 9.97. The van der Waals surface area contributed by atoms with Gasteiger partial charge in [0, 0.05) is 18.0 Å². The van der Waals surface area contributed by atoms with Crippen molar-refractivity contribution in [3.8, 4) is 33.8 Å². The highest BCUT2D eigenvalue weighted by Crippen LogP contribution is 2.41. The zero-order valence-electron chi connectivity index (χ0n) is 17.8. The molecule has 0 spiro atoms. The summed E-state index contributed by atoms with van der Waals surface area (Å²) in [4.78, 5) is 13.7. The van der Waals surface area contributed by atoms with Crippen molar-refractivity contribution >= 4 is 5.52 Å². The number of alkyl halides is 4. The standard InChI is InChI=1S/C26H19F4NO3/c27-25(28)33-19-7-3-16(4-8-19)21-14-31-12-11-18(15-1-2-15)13-22(31)23(24(21)32)17-5-9-20(10-6-17)34-26(29)30/h3-15,25-26H,1-2H2. The maximum atomic E-state index is 13.7. The van der Waals surface area contributed by atoms with Gasteiger partial charge in [-0.15, -0.1) is 0 Å². The van der Waals surface area contributed by atoms with Gasteiger partial charge in [-0.05, 0) is 71.8 Å². The van der Waals surface area contributed by atoms with E-state index in [1.807, 2.05) is 22.7 Å². The number of pyridine rings is 2. The number of hydrogen-bond acceptors (Lipinski definition) is 3. The highest BCUT2D eigenvalue weighted by Gasteiger charge is 2.24. The van der Waals surface area contributed by atoms with E-state index in [9.17, 15) is 22.4 Å². The molecule has 34 heavy (non-hydrogen) atoms. The molecule has 0 N–H and O–H groups in total. The Bertz CT molecular complexity index is 1380. The first-order chi connectivity index (χ1) is 16.4. The van der Waals surface area contributed by atoms with Gasteiger partial charge in [0.05, 0.1) is 11.1 Å². The fourth-order valence-corrected chi connectivity index (χ4v) is 4.06. The topological polar surface area (TPSA) is 39.9 Å². The average Bonchev–Trinajstić information content (AvgIpc) is 3.65. The van der Waals surface area contributed by atoms with E-state index in [0.717, 1.165) is 18.4 Å². The lowest BCUT2D eigenvalue weighted by Crippen LogP contribution is -2.12. The van der Waals surface area contributed by atoms with E-state index in [4.69, 9.17) is 0 Å². The second-order valence-electron chi connectivity index (χ2n) is 8.08. The van der Waals surface area contributed by atoms with Gasteiger partial charge >= 0.3 is 13.2 Å². The third-order valence-electron chi connectivity index (χ3n) is 5.81. The first-order valence-electron chi connectivity index (χ1n) is 10.7. The molecule has 1 aliphatic rings. The molecule has 0 aliphatic heterocycles. The van der Waals surface area contributed by atoms with E-state index in [1.54, 1.807) is 30.5 Å². The Morgan fingerprint density at radius 3 is 1.88 bits per heavy atom. The molecule has 8 heteroatoms. The quantitative estimate of drug-likeness (QED) is 0.282. The van der Waals surface area contributed by atoms with Crippen LogP contribution in [0.25, 0.3) is 27.8 Å². The maximum Gasteiger partial charge on any atom is 0.387 e. The zero-order chi connectivity index (χ0) is 23.8. The van der Waals surface area contributed by atoms with E-state index in [-0.39, 0.29) is 16.9 Å². The van der Waals surface area contributed by atoms with Gasteiger partial charge in [0.25, 0.3) is 0 Å². The van der Waals surface area contributed by atoms with Gasteiger partial charge in [-0.3, -0.25) is 4.79 Å². The summed E-state index contributed by atoms with van der Waals surface area (Å²) in [6.45, 7) is -5.89. The van der Waals surface area contributed by atoms with Crippen molar-refractivity contribution in [3.05, 3.63) is 88.8 Å². The van der Waals surface area contributed by atoms with Gasteiger partial charge in [0.2, 0.25) is 0 Å². The van der Waals surface area contributed by atoms with Gasteiger partial charge in [-0.1, -0.05) is 24.3 Å². The third kappa shape index (κ3) is 4.48. The number of aromatic nitrogens is 1. The first kappa shape index (κ1) is 22.0. The van der Waals surface area contributed by atoms with Crippen LogP contribution in [0.5, 0.6) is 11.5 Å². The first-order valence-corrected chi connectivity index (χ1v) is 10.7. The molecule has 174 valence electrons. The molecule has 1 fully saturated rings. The summed E-state index contributed by atoms with van der Waals surface area (Å²) < 4.78 is 60.8. The van der Waals surface area contributed by atoms with E-state index in [2.05, 4.69) is 9.47 Å². The predicted octanol–water partition coefficient (Wildman–Crippen LogP) is 6.71. The average molecular weight is 469 g/mol. The summed E-state index contributed by atoms with van der Waals surface area (Å²) in [7, 11) is 0. The Labute approximate surface area is 192 Å². The molecule has 0 unspecified atom stereocenters. The van der Waals surface area contributed by atoms with Crippen molar-refractivity contribution < 1.29 is 27.0 Å². The number of ether oxygens (including phenoxy) is 2. The molecule has 0 radical (unpaired) electrons. The molecule has 1 aliphatic carbocycles. The monoisotopic (exact) mass is 469 g/mol. The van der Waals surface area contributed by atoms with Gasteiger partial charge in [-0.2, -0.15) is 17.6 Å². The molecule has 2 aromatic carbocycles. The summed E-state index contributed by atoms with van der Waals surface area (Å²) in [6.07, 6.45) is 5.79. The Kier molecular flexibility index (Phi) is 5.73. The summed E-state index contributed by atoms with van der Waals surface area (Å²) in [5.41, 5.74) is 3.43. The lowest BCUT2D eigenvalue weighted by Gasteiger charge is -2.14. The van der Waals surface area contributed by atoms with Crippen molar-refractivity contribution in [2.75, 3.05) is 0 Å². The number of fused-ring (bicyclic) bond motifs is 1. The fourth-order valence-electron chi connectivity index (χ4n) is 4.06. The van der Waals surface area contributed by atoms with Crippen molar-refractivity contribution in [3.63, 3.8) is 0 Å². The number of benzene rings is 2. The van der Waals surface area contributed by atoms with Crippen LogP contribution in [0, 0.1) is 0 Å². The SMILES string of the molecule is O=c1c(-c2ccc(OC(F)F)cc2)cn2ccc(C3CC3)cc2c1-c1ccc(OC(F)F)cc1. The molecule has 4 aromatic rings. The van der Waals surface area contributed by atoms with Crippen molar-refractivity contribution in [2.24, 2.45) is 0 Å². The fraction of sp³-hybridized carbons (Fsp3) is 0.192. The van der Waals surface area contributed by atoms with E-state index >= 15 is 0 Å². The van der Waals surface area contributed by atoms with Crippen LogP contribution in [0.15, 0.2) is 77.9 Å². The Balaban J connectivity index is 1.66. The van der Waals surface area contributed by atoms with Crippen LogP contribution in [0.2, 0.25) is 0 Å².